The van der Waals surface area contributed by atoms with Gasteiger partial charge < -0.3 is 10.2 Å². The number of likely N-dealkylation sites (tertiary alicyclic amines) is 1. The molecule has 1 aromatic carbocycles. The third-order valence-corrected chi connectivity index (χ3v) is 3.68. The van der Waals surface area contributed by atoms with Crippen molar-refractivity contribution in [1.82, 2.24) is 15.1 Å². The maximum absolute atomic E-state index is 11.8. The van der Waals surface area contributed by atoms with E-state index >= 15 is 0 Å². The van der Waals surface area contributed by atoms with Crippen molar-refractivity contribution in [3.8, 4) is 0 Å². The van der Waals surface area contributed by atoms with E-state index in [9.17, 15) is 9.59 Å². The van der Waals surface area contributed by atoms with Crippen molar-refractivity contribution < 1.29 is 9.59 Å². The second-order valence-electron chi connectivity index (χ2n) is 5.74. The van der Waals surface area contributed by atoms with E-state index < -0.39 is 0 Å². The van der Waals surface area contributed by atoms with Gasteiger partial charge in [0.15, 0.2) is 5.96 Å². The predicted molar refractivity (Wildman–Crippen MR) is 105 cm³/mol. The number of benzene rings is 1. The quantitative estimate of drug-likeness (QED) is 0.326. The molecule has 1 saturated heterocycles. The lowest BCUT2D eigenvalue weighted by molar-refractivity contribution is -0.147. The minimum absolute atomic E-state index is 0. The summed E-state index contributed by atoms with van der Waals surface area (Å²) in [6.45, 7) is 1.47. The Bertz CT molecular complexity index is 559. The molecule has 7 heteroatoms. The summed E-state index contributed by atoms with van der Waals surface area (Å²) in [7, 11) is 3.82. The van der Waals surface area contributed by atoms with Crippen molar-refractivity contribution in [2.75, 3.05) is 27.2 Å². The first-order chi connectivity index (χ1) is 11.1. The number of guanidine groups is 1. The zero-order valence-electron chi connectivity index (χ0n) is 14.2. The second kappa shape index (κ2) is 10.3. The fraction of sp³-hybridized carbons (Fsp3) is 0.471. The van der Waals surface area contributed by atoms with Gasteiger partial charge in [-0.15, -0.1) is 24.0 Å². The first-order valence-corrected chi connectivity index (χ1v) is 7.90. The van der Waals surface area contributed by atoms with E-state index in [-0.39, 0.29) is 35.8 Å². The van der Waals surface area contributed by atoms with Gasteiger partial charge in [-0.05, 0) is 12.0 Å². The van der Waals surface area contributed by atoms with Crippen molar-refractivity contribution in [3.05, 3.63) is 35.9 Å². The van der Waals surface area contributed by atoms with Crippen molar-refractivity contribution in [3.63, 3.8) is 0 Å². The lowest BCUT2D eigenvalue weighted by Gasteiger charge is -2.26. The zero-order valence-corrected chi connectivity index (χ0v) is 16.5. The molecule has 1 fully saturated rings. The maximum Gasteiger partial charge on any atom is 0.229 e. The number of amides is 2. The van der Waals surface area contributed by atoms with Crippen LogP contribution in [0.1, 0.15) is 24.8 Å². The first kappa shape index (κ1) is 20.4. The van der Waals surface area contributed by atoms with Crippen LogP contribution in [-0.4, -0.2) is 54.8 Å². The van der Waals surface area contributed by atoms with E-state index in [1.807, 2.05) is 49.3 Å². The van der Waals surface area contributed by atoms with Gasteiger partial charge in [0.25, 0.3) is 0 Å². The van der Waals surface area contributed by atoms with Gasteiger partial charge in [-0.2, -0.15) is 0 Å². The van der Waals surface area contributed by atoms with E-state index in [1.165, 1.54) is 4.90 Å². The number of imide groups is 1. The smallest absolute Gasteiger partial charge is 0.229 e. The number of hydrogen-bond acceptors (Lipinski definition) is 3. The van der Waals surface area contributed by atoms with Crippen molar-refractivity contribution in [1.29, 1.82) is 0 Å². The molecule has 0 unspecified atom stereocenters. The molecule has 0 aliphatic carbocycles. The number of carbonyl (C=O) groups is 2. The van der Waals surface area contributed by atoms with Gasteiger partial charge in [-0.3, -0.25) is 14.5 Å². The number of nitrogens with zero attached hydrogens (tertiary/aromatic N) is 3. The van der Waals surface area contributed by atoms with E-state index in [0.717, 1.165) is 11.5 Å². The number of carbonyl (C=O) groups excluding carboxylic acids is 2. The number of aliphatic imine (C=N–C) groups is 1. The monoisotopic (exact) mass is 444 g/mol. The summed E-state index contributed by atoms with van der Waals surface area (Å²) in [4.78, 5) is 31.3. The lowest BCUT2D eigenvalue weighted by atomic mass is 10.1. The molecule has 132 valence electrons. The number of nitrogens with one attached hydrogen (secondary N) is 1. The highest BCUT2D eigenvalue weighted by Gasteiger charge is 2.25. The van der Waals surface area contributed by atoms with Crippen LogP contribution in [0.3, 0.4) is 0 Å². The summed E-state index contributed by atoms with van der Waals surface area (Å²) in [5, 5.41) is 3.21. The highest BCUT2D eigenvalue weighted by atomic mass is 127. The molecule has 24 heavy (non-hydrogen) atoms. The molecule has 1 aliphatic heterocycles. The fourth-order valence-corrected chi connectivity index (χ4v) is 2.43. The van der Waals surface area contributed by atoms with Gasteiger partial charge >= 0.3 is 0 Å². The zero-order chi connectivity index (χ0) is 16.7. The molecule has 2 rings (SSSR count). The van der Waals surface area contributed by atoms with Crippen LogP contribution in [0.25, 0.3) is 0 Å². The number of piperidine rings is 1. The maximum atomic E-state index is 11.8. The standard InChI is InChI=1S/C17H24N4O2.HI/c1-20(2)17(19-13-14-7-4-3-5-8-14)18-11-12-21-15(22)9-6-10-16(21)23;/h3-5,7-8H,6,9-13H2,1-2H3,(H,18,19);1H. The minimum Gasteiger partial charge on any atom is -0.354 e. The van der Waals surface area contributed by atoms with Gasteiger partial charge in [-0.25, -0.2) is 4.99 Å². The molecule has 1 heterocycles. The average Bonchev–Trinajstić information content (AvgIpc) is 2.53. The lowest BCUT2D eigenvalue weighted by Crippen LogP contribution is -2.46. The van der Waals surface area contributed by atoms with Gasteiger partial charge in [0.2, 0.25) is 11.8 Å². The van der Waals surface area contributed by atoms with E-state index in [1.54, 1.807) is 0 Å². The van der Waals surface area contributed by atoms with Crippen molar-refractivity contribution in [2.24, 2.45) is 4.99 Å². The van der Waals surface area contributed by atoms with E-state index in [4.69, 9.17) is 0 Å². The van der Waals surface area contributed by atoms with Crippen molar-refractivity contribution >= 4 is 41.8 Å². The van der Waals surface area contributed by atoms with E-state index in [0.29, 0.717) is 38.9 Å². The minimum atomic E-state index is -0.0734. The Kier molecular flexibility index (Phi) is 8.73. The molecule has 1 aromatic rings. The average molecular weight is 444 g/mol. The Labute approximate surface area is 160 Å². The Morgan fingerprint density at radius 2 is 1.79 bits per heavy atom. The van der Waals surface area contributed by atoms with Crippen LogP contribution in [-0.2, 0) is 16.1 Å². The number of hydrogen-bond donors (Lipinski definition) is 1. The largest absolute Gasteiger partial charge is 0.354 e. The Morgan fingerprint density at radius 1 is 1.17 bits per heavy atom. The van der Waals surface area contributed by atoms with Gasteiger partial charge in [0.05, 0.1) is 6.54 Å². The SMILES string of the molecule is CN(C)C(=NCc1ccccc1)NCCN1C(=O)CCCC1=O.I. The van der Waals surface area contributed by atoms with Crippen LogP contribution in [0, 0.1) is 0 Å². The molecule has 0 saturated carbocycles. The second-order valence-corrected chi connectivity index (χ2v) is 5.74. The number of halogens is 1. The molecule has 0 radical (unpaired) electrons. The summed E-state index contributed by atoms with van der Waals surface area (Å²) < 4.78 is 0. The third kappa shape index (κ3) is 6.10. The van der Waals surface area contributed by atoms with Gasteiger partial charge in [-0.1, -0.05) is 30.3 Å². The van der Waals surface area contributed by atoms with Gasteiger partial charge in [0, 0.05) is 40.0 Å². The van der Waals surface area contributed by atoms with Crippen LogP contribution < -0.4 is 5.32 Å². The molecule has 6 nitrogen and oxygen atoms in total. The molecule has 2 amide bonds. The highest BCUT2D eigenvalue weighted by Crippen LogP contribution is 2.11. The molecule has 0 aromatic heterocycles. The molecule has 0 bridgehead atoms. The Morgan fingerprint density at radius 3 is 2.38 bits per heavy atom. The fourth-order valence-electron chi connectivity index (χ4n) is 2.43. The molecular weight excluding hydrogens is 419 g/mol. The first-order valence-electron chi connectivity index (χ1n) is 7.90. The summed E-state index contributed by atoms with van der Waals surface area (Å²) in [5.41, 5.74) is 1.13. The van der Waals surface area contributed by atoms with Crippen LogP contribution in [0.2, 0.25) is 0 Å². The molecule has 1 N–H and O–H groups in total. The third-order valence-electron chi connectivity index (χ3n) is 3.68. The molecule has 0 spiro atoms. The summed E-state index contributed by atoms with van der Waals surface area (Å²) in [5.74, 6) is 0.595. The Hall–Kier alpha value is -1.64. The topological polar surface area (TPSA) is 65.0 Å². The molecule has 1 aliphatic rings. The predicted octanol–water partition coefficient (Wildman–Crippen LogP) is 1.85. The van der Waals surface area contributed by atoms with Crippen molar-refractivity contribution in [2.45, 2.75) is 25.8 Å². The summed E-state index contributed by atoms with van der Waals surface area (Å²) in [6.07, 6.45) is 1.60. The number of rotatable bonds is 5. The van der Waals surface area contributed by atoms with Crippen LogP contribution in [0.15, 0.2) is 35.3 Å². The van der Waals surface area contributed by atoms with Crippen LogP contribution in [0.4, 0.5) is 0 Å². The molecule has 0 atom stereocenters. The summed E-state index contributed by atoms with van der Waals surface area (Å²) in [6, 6.07) is 10.0. The van der Waals surface area contributed by atoms with Crippen LogP contribution >= 0.6 is 24.0 Å². The van der Waals surface area contributed by atoms with Gasteiger partial charge in [0.1, 0.15) is 0 Å². The highest BCUT2D eigenvalue weighted by molar-refractivity contribution is 14.0. The van der Waals surface area contributed by atoms with Crippen LogP contribution in [0.5, 0.6) is 0 Å². The molecular formula is C17H25IN4O2. The van der Waals surface area contributed by atoms with E-state index in [2.05, 4.69) is 10.3 Å². The summed E-state index contributed by atoms with van der Waals surface area (Å²) >= 11 is 0. The normalized spacial score (nSPS) is 15.1. The Balaban J connectivity index is 0.00000288.